The minimum Gasteiger partial charge on any atom is -0.396 e. The summed E-state index contributed by atoms with van der Waals surface area (Å²) in [4.78, 5) is 0. The zero-order chi connectivity index (χ0) is 14.5. The van der Waals surface area contributed by atoms with E-state index < -0.39 is 0 Å². The molecule has 2 unspecified atom stereocenters. The van der Waals surface area contributed by atoms with Gasteiger partial charge < -0.3 is 10.4 Å². The van der Waals surface area contributed by atoms with E-state index in [4.69, 9.17) is 5.11 Å². The van der Waals surface area contributed by atoms with Crippen molar-refractivity contribution in [3.8, 4) is 0 Å². The van der Waals surface area contributed by atoms with Crippen molar-refractivity contribution in [2.45, 2.75) is 109 Å². The molecule has 2 nitrogen and oxygen atoms in total. The summed E-state index contributed by atoms with van der Waals surface area (Å²) in [5, 5.41) is 12.4. The van der Waals surface area contributed by atoms with Crippen LogP contribution in [0.3, 0.4) is 0 Å². The monoisotopic (exact) mass is 283 g/mol. The maximum absolute atomic E-state index is 8.70. The van der Waals surface area contributed by atoms with E-state index in [2.05, 4.69) is 12.2 Å². The second-order valence-corrected chi connectivity index (χ2v) is 6.57. The molecule has 120 valence electrons. The van der Waals surface area contributed by atoms with Gasteiger partial charge in [0, 0.05) is 18.7 Å². The standard InChI is InChI=1S/C18H37NO/c1-2-3-4-5-8-11-14-17-18(19-17)15-12-9-6-7-10-13-16-20/h17-20H,2-16H2,1H3. The van der Waals surface area contributed by atoms with Crippen LogP contribution in [0, 0.1) is 0 Å². The first-order chi connectivity index (χ1) is 9.88. The largest absolute Gasteiger partial charge is 0.396 e. The molecule has 0 aliphatic carbocycles. The van der Waals surface area contributed by atoms with Crippen LogP contribution in [0.4, 0.5) is 0 Å². The lowest BCUT2D eigenvalue weighted by Gasteiger charge is -2.01. The molecule has 1 fully saturated rings. The zero-order valence-electron chi connectivity index (χ0n) is 13.7. The summed E-state index contributed by atoms with van der Waals surface area (Å²) in [6.07, 6.45) is 19.0. The van der Waals surface area contributed by atoms with E-state index in [1.165, 1.54) is 83.5 Å². The topological polar surface area (TPSA) is 42.2 Å². The van der Waals surface area contributed by atoms with Crippen LogP contribution in [-0.2, 0) is 0 Å². The first kappa shape index (κ1) is 18.0. The number of rotatable bonds is 15. The molecule has 0 spiro atoms. The molecule has 0 aromatic carbocycles. The summed E-state index contributed by atoms with van der Waals surface area (Å²) in [6, 6.07) is 1.71. The third-order valence-corrected chi connectivity index (χ3v) is 4.60. The van der Waals surface area contributed by atoms with Gasteiger partial charge in [0.15, 0.2) is 0 Å². The molecule has 0 aromatic heterocycles. The van der Waals surface area contributed by atoms with E-state index in [0.717, 1.165) is 18.5 Å². The van der Waals surface area contributed by atoms with E-state index in [-0.39, 0.29) is 0 Å². The lowest BCUT2D eigenvalue weighted by Crippen LogP contribution is -1.95. The number of unbranched alkanes of at least 4 members (excludes halogenated alkanes) is 10. The van der Waals surface area contributed by atoms with Crippen molar-refractivity contribution in [3.63, 3.8) is 0 Å². The highest BCUT2D eigenvalue weighted by atomic mass is 16.2. The fourth-order valence-electron chi connectivity index (χ4n) is 3.12. The van der Waals surface area contributed by atoms with Crippen LogP contribution < -0.4 is 5.32 Å². The van der Waals surface area contributed by atoms with Gasteiger partial charge in [-0.25, -0.2) is 0 Å². The Morgan fingerprint density at radius 1 is 0.650 bits per heavy atom. The highest BCUT2D eigenvalue weighted by Gasteiger charge is 2.33. The SMILES string of the molecule is CCCCCCCCC1NC1CCCCCCCCO. The average molecular weight is 283 g/mol. The van der Waals surface area contributed by atoms with Crippen molar-refractivity contribution in [2.75, 3.05) is 6.61 Å². The predicted octanol–water partition coefficient (Wildman–Crippen LogP) is 4.80. The maximum atomic E-state index is 8.70. The smallest absolute Gasteiger partial charge is 0.0431 e. The Balaban J connectivity index is 1.75. The molecular formula is C18H37NO. The molecular weight excluding hydrogens is 246 g/mol. The molecule has 0 radical (unpaired) electrons. The summed E-state index contributed by atoms with van der Waals surface area (Å²) in [6.45, 7) is 2.65. The van der Waals surface area contributed by atoms with Gasteiger partial charge in [-0.05, 0) is 19.3 Å². The highest BCUT2D eigenvalue weighted by molar-refractivity contribution is 4.97. The number of aliphatic hydroxyl groups excluding tert-OH is 1. The van der Waals surface area contributed by atoms with Gasteiger partial charge in [-0.15, -0.1) is 0 Å². The van der Waals surface area contributed by atoms with Gasteiger partial charge >= 0.3 is 0 Å². The van der Waals surface area contributed by atoms with Crippen LogP contribution in [0.1, 0.15) is 96.8 Å². The summed E-state index contributed by atoms with van der Waals surface area (Å²) in [5.41, 5.74) is 0. The molecule has 1 aliphatic heterocycles. The Labute approximate surface area is 126 Å². The summed E-state index contributed by atoms with van der Waals surface area (Å²) >= 11 is 0. The molecule has 1 rings (SSSR count). The highest BCUT2D eigenvalue weighted by Crippen LogP contribution is 2.23. The van der Waals surface area contributed by atoms with E-state index in [1.807, 2.05) is 0 Å². The molecule has 0 bridgehead atoms. The fourth-order valence-corrected chi connectivity index (χ4v) is 3.12. The van der Waals surface area contributed by atoms with Crippen molar-refractivity contribution >= 4 is 0 Å². The van der Waals surface area contributed by atoms with Gasteiger partial charge in [0.1, 0.15) is 0 Å². The molecule has 2 atom stereocenters. The van der Waals surface area contributed by atoms with E-state index in [0.29, 0.717) is 6.61 Å². The quantitative estimate of drug-likeness (QED) is 0.335. The van der Waals surface area contributed by atoms with Crippen LogP contribution in [0.5, 0.6) is 0 Å². The first-order valence-electron chi connectivity index (χ1n) is 9.25. The van der Waals surface area contributed by atoms with Crippen molar-refractivity contribution in [1.82, 2.24) is 5.32 Å². The molecule has 1 heterocycles. The zero-order valence-corrected chi connectivity index (χ0v) is 13.7. The Hall–Kier alpha value is -0.0800. The van der Waals surface area contributed by atoms with Crippen molar-refractivity contribution in [2.24, 2.45) is 0 Å². The minimum absolute atomic E-state index is 0.367. The van der Waals surface area contributed by atoms with E-state index >= 15 is 0 Å². The van der Waals surface area contributed by atoms with Crippen LogP contribution in [0.2, 0.25) is 0 Å². The van der Waals surface area contributed by atoms with Crippen LogP contribution in [0.15, 0.2) is 0 Å². The number of aliphatic hydroxyl groups is 1. The molecule has 20 heavy (non-hydrogen) atoms. The molecule has 1 saturated heterocycles. The molecule has 1 aliphatic rings. The fraction of sp³-hybridized carbons (Fsp3) is 1.00. The van der Waals surface area contributed by atoms with Crippen molar-refractivity contribution in [1.29, 1.82) is 0 Å². The average Bonchev–Trinajstić information content (AvgIpc) is 3.20. The third-order valence-electron chi connectivity index (χ3n) is 4.60. The first-order valence-corrected chi connectivity index (χ1v) is 9.25. The maximum Gasteiger partial charge on any atom is 0.0431 e. The Kier molecular flexibility index (Phi) is 11.4. The predicted molar refractivity (Wildman–Crippen MR) is 88.1 cm³/mol. The van der Waals surface area contributed by atoms with Crippen molar-refractivity contribution < 1.29 is 5.11 Å². The minimum atomic E-state index is 0.367. The number of hydrogen-bond donors (Lipinski definition) is 2. The van der Waals surface area contributed by atoms with Gasteiger partial charge in [-0.2, -0.15) is 0 Å². The van der Waals surface area contributed by atoms with Crippen LogP contribution >= 0.6 is 0 Å². The Bertz CT molecular complexity index is 208. The normalized spacial score (nSPS) is 21.3. The van der Waals surface area contributed by atoms with E-state index in [1.54, 1.807) is 0 Å². The van der Waals surface area contributed by atoms with Crippen LogP contribution in [-0.4, -0.2) is 23.8 Å². The lowest BCUT2D eigenvalue weighted by atomic mass is 10.0. The lowest BCUT2D eigenvalue weighted by molar-refractivity contribution is 0.282. The summed E-state index contributed by atoms with van der Waals surface area (Å²) in [5.74, 6) is 0. The summed E-state index contributed by atoms with van der Waals surface area (Å²) < 4.78 is 0. The molecule has 2 heteroatoms. The van der Waals surface area contributed by atoms with Gasteiger partial charge in [-0.3, -0.25) is 0 Å². The van der Waals surface area contributed by atoms with Gasteiger partial charge in [0.25, 0.3) is 0 Å². The summed E-state index contributed by atoms with van der Waals surface area (Å²) in [7, 11) is 0. The molecule has 0 aromatic rings. The second-order valence-electron chi connectivity index (χ2n) is 6.57. The third kappa shape index (κ3) is 9.77. The Morgan fingerprint density at radius 3 is 1.60 bits per heavy atom. The van der Waals surface area contributed by atoms with Crippen molar-refractivity contribution in [3.05, 3.63) is 0 Å². The molecule has 0 saturated carbocycles. The Morgan fingerprint density at radius 2 is 1.10 bits per heavy atom. The number of hydrogen-bond acceptors (Lipinski definition) is 2. The van der Waals surface area contributed by atoms with Crippen LogP contribution in [0.25, 0.3) is 0 Å². The van der Waals surface area contributed by atoms with Gasteiger partial charge in [0.2, 0.25) is 0 Å². The van der Waals surface area contributed by atoms with Gasteiger partial charge in [0.05, 0.1) is 0 Å². The molecule has 0 amide bonds. The van der Waals surface area contributed by atoms with Gasteiger partial charge in [-0.1, -0.05) is 77.6 Å². The number of nitrogens with one attached hydrogen (secondary N) is 1. The van der Waals surface area contributed by atoms with E-state index in [9.17, 15) is 0 Å². The second kappa shape index (κ2) is 12.6. The molecule has 2 N–H and O–H groups in total.